The van der Waals surface area contributed by atoms with E-state index in [1.54, 1.807) is 24.9 Å². The molecule has 134 valence electrons. The largest absolute Gasteiger partial charge is 0.379 e. The molecule has 2 N–H and O–H groups in total. The summed E-state index contributed by atoms with van der Waals surface area (Å²) >= 11 is 0. The molecule has 26 heavy (non-hydrogen) atoms. The molecule has 0 saturated carbocycles. The van der Waals surface area contributed by atoms with Crippen LogP contribution in [0.15, 0.2) is 49.3 Å². The quantitative estimate of drug-likeness (QED) is 0.704. The number of pyridine rings is 1. The van der Waals surface area contributed by atoms with Crippen molar-refractivity contribution in [2.24, 2.45) is 0 Å². The number of anilines is 2. The highest BCUT2D eigenvalue weighted by molar-refractivity contribution is 5.42. The highest BCUT2D eigenvalue weighted by atomic mass is 16.5. The maximum absolute atomic E-state index is 5.50. The van der Waals surface area contributed by atoms with Gasteiger partial charge in [-0.25, -0.2) is 15.0 Å². The number of ether oxygens (including phenoxy) is 1. The molecule has 0 spiro atoms. The van der Waals surface area contributed by atoms with Gasteiger partial charge in [0.25, 0.3) is 0 Å². The highest BCUT2D eigenvalue weighted by Gasteiger charge is 2.14. The van der Waals surface area contributed by atoms with Gasteiger partial charge in [0.2, 0.25) is 5.95 Å². The second-order valence-electron chi connectivity index (χ2n) is 6.13. The second kappa shape index (κ2) is 7.92. The van der Waals surface area contributed by atoms with Crippen LogP contribution >= 0.6 is 0 Å². The van der Waals surface area contributed by atoms with E-state index in [1.807, 2.05) is 29.0 Å². The first-order valence-electron chi connectivity index (χ1n) is 8.72. The number of hydrogen-bond donors (Lipinski definition) is 2. The average Bonchev–Trinajstić information content (AvgIpc) is 3.22. The van der Waals surface area contributed by atoms with Crippen molar-refractivity contribution in [2.45, 2.75) is 25.4 Å². The number of aromatic nitrogens is 5. The van der Waals surface area contributed by atoms with E-state index in [1.165, 1.54) is 0 Å². The smallest absolute Gasteiger partial charge is 0.224 e. The van der Waals surface area contributed by atoms with E-state index in [9.17, 15) is 0 Å². The van der Waals surface area contributed by atoms with Crippen LogP contribution in [-0.4, -0.2) is 43.8 Å². The standard InChI is InChI=1S/C18H21N7O/c1-3-14(17(20-6-1)25-9-8-19-13-25)11-22-18-21-7-5-16(24-18)23-15-4-2-10-26-12-15/h1,3,5-9,13,15H,2,4,10-12H2,(H2,21,22,23,24). The molecular formula is C18H21N7O. The van der Waals surface area contributed by atoms with Gasteiger partial charge in [-0.3, -0.25) is 4.57 Å². The molecule has 1 unspecified atom stereocenters. The van der Waals surface area contributed by atoms with Crippen molar-refractivity contribution in [3.63, 3.8) is 0 Å². The van der Waals surface area contributed by atoms with Crippen LogP contribution in [0, 0.1) is 0 Å². The van der Waals surface area contributed by atoms with Crippen molar-refractivity contribution in [3.05, 3.63) is 54.9 Å². The Morgan fingerprint density at radius 3 is 3.04 bits per heavy atom. The Morgan fingerprint density at radius 2 is 2.19 bits per heavy atom. The van der Waals surface area contributed by atoms with Crippen molar-refractivity contribution in [2.75, 3.05) is 23.8 Å². The van der Waals surface area contributed by atoms with E-state index < -0.39 is 0 Å². The Hall–Kier alpha value is -3.00. The van der Waals surface area contributed by atoms with E-state index in [4.69, 9.17) is 4.74 Å². The summed E-state index contributed by atoms with van der Waals surface area (Å²) < 4.78 is 7.39. The van der Waals surface area contributed by atoms with Crippen LogP contribution < -0.4 is 10.6 Å². The first-order valence-corrected chi connectivity index (χ1v) is 8.72. The topological polar surface area (TPSA) is 89.8 Å². The molecule has 3 aromatic heterocycles. The molecule has 8 nitrogen and oxygen atoms in total. The first-order chi connectivity index (χ1) is 12.9. The van der Waals surface area contributed by atoms with Crippen LogP contribution in [0.5, 0.6) is 0 Å². The lowest BCUT2D eigenvalue weighted by atomic mass is 10.1. The van der Waals surface area contributed by atoms with Gasteiger partial charge in [-0.1, -0.05) is 6.07 Å². The van der Waals surface area contributed by atoms with Gasteiger partial charge in [-0.05, 0) is 25.0 Å². The zero-order valence-electron chi connectivity index (χ0n) is 14.4. The molecule has 4 rings (SSSR count). The molecule has 8 heteroatoms. The summed E-state index contributed by atoms with van der Waals surface area (Å²) in [6.45, 7) is 2.13. The van der Waals surface area contributed by atoms with Gasteiger partial charge in [0.1, 0.15) is 18.0 Å². The zero-order valence-corrected chi connectivity index (χ0v) is 14.4. The molecule has 0 aromatic carbocycles. The molecule has 3 aromatic rings. The van der Waals surface area contributed by atoms with Crippen molar-refractivity contribution in [3.8, 4) is 5.82 Å². The van der Waals surface area contributed by atoms with E-state index in [-0.39, 0.29) is 0 Å². The monoisotopic (exact) mass is 351 g/mol. The lowest BCUT2D eigenvalue weighted by Gasteiger charge is -2.23. The van der Waals surface area contributed by atoms with Crippen LogP contribution in [0.2, 0.25) is 0 Å². The van der Waals surface area contributed by atoms with Gasteiger partial charge in [0, 0.05) is 43.5 Å². The summed E-state index contributed by atoms with van der Waals surface area (Å²) in [7, 11) is 0. The summed E-state index contributed by atoms with van der Waals surface area (Å²) in [5.41, 5.74) is 1.04. The predicted octanol–water partition coefficient (Wildman–Crippen LogP) is 2.26. The molecule has 1 aliphatic rings. The van der Waals surface area contributed by atoms with Gasteiger partial charge >= 0.3 is 0 Å². The number of nitrogens with one attached hydrogen (secondary N) is 2. The molecule has 0 bridgehead atoms. The van der Waals surface area contributed by atoms with Crippen LogP contribution in [0.1, 0.15) is 18.4 Å². The van der Waals surface area contributed by atoms with Gasteiger partial charge in [0.15, 0.2) is 0 Å². The third-order valence-corrected chi connectivity index (χ3v) is 4.22. The van der Waals surface area contributed by atoms with E-state index >= 15 is 0 Å². The van der Waals surface area contributed by atoms with Gasteiger partial charge in [0.05, 0.1) is 12.6 Å². The summed E-state index contributed by atoms with van der Waals surface area (Å²) in [6.07, 6.45) is 11.0. The maximum Gasteiger partial charge on any atom is 0.224 e. The normalized spacial score (nSPS) is 17.0. The number of imidazole rings is 1. The number of rotatable bonds is 6. The predicted molar refractivity (Wildman–Crippen MR) is 98.2 cm³/mol. The fourth-order valence-electron chi connectivity index (χ4n) is 2.95. The Morgan fingerprint density at radius 1 is 1.19 bits per heavy atom. The van der Waals surface area contributed by atoms with Crippen LogP contribution in [0.3, 0.4) is 0 Å². The fraction of sp³-hybridized carbons (Fsp3) is 0.333. The third kappa shape index (κ3) is 3.97. The van der Waals surface area contributed by atoms with Gasteiger partial charge in [-0.2, -0.15) is 4.98 Å². The summed E-state index contributed by atoms with van der Waals surface area (Å²) in [6, 6.07) is 6.12. The molecule has 4 heterocycles. The van der Waals surface area contributed by atoms with Crippen LogP contribution in [0.25, 0.3) is 5.82 Å². The van der Waals surface area contributed by atoms with Crippen molar-refractivity contribution in [1.82, 2.24) is 24.5 Å². The first kappa shape index (κ1) is 16.5. The fourth-order valence-corrected chi connectivity index (χ4v) is 2.95. The maximum atomic E-state index is 5.50. The third-order valence-electron chi connectivity index (χ3n) is 4.22. The molecular weight excluding hydrogens is 330 g/mol. The summed E-state index contributed by atoms with van der Waals surface area (Å²) in [5, 5.41) is 6.69. The number of nitrogens with zero attached hydrogens (tertiary/aromatic N) is 5. The van der Waals surface area contributed by atoms with E-state index in [2.05, 4.69) is 30.6 Å². The Bertz CT molecular complexity index is 831. The SMILES string of the molecule is c1cnc(-n2ccnc2)c(CNc2nccc(NC3CCCOC3)n2)c1. The Balaban J connectivity index is 1.43. The molecule has 1 atom stereocenters. The van der Waals surface area contributed by atoms with Crippen LogP contribution in [-0.2, 0) is 11.3 Å². The lowest BCUT2D eigenvalue weighted by molar-refractivity contribution is 0.0875. The van der Waals surface area contributed by atoms with Crippen molar-refractivity contribution in [1.29, 1.82) is 0 Å². The average molecular weight is 351 g/mol. The number of hydrogen-bond acceptors (Lipinski definition) is 7. The minimum absolute atomic E-state index is 0.303. The van der Waals surface area contributed by atoms with E-state index in [0.29, 0.717) is 18.5 Å². The van der Waals surface area contributed by atoms with Gasteiger partial charge in [-0.15, -0.1) is 0 Å². The van der Waals surface area contributed by atoms with Crippen LogP contribution in [0.4, 0.5) is 11.8 Å². The molecule has 1 saturated heterocycles. The second-order valence-corrected chi connectivity index (χ2v) is 6.13. The molecule has 1 aliphatic heterocycles. The zero-order chi connectivity index (χ0) is 17.6. The summed E-state index contributed by atoms with van der Waals surface area (Å²) in [4.78, 5) is 17.4. The Kier molecular flexibility index (Phi) is 5.02. The minimum atomic E-state index is 0.303. The Labute approximate surface area is 151 Å². The highest BCUT2D eigenvalue weighted by Crippen LogP contribution is 2.15. The van der Waals surface area contributed by atoms with Gasteiger partial charge < -0.3 is 15.4 Å². The lowest BCUT2D eigenvalue weighted by Crippen LogP contribution is -2.30. The molecule has 0 radical (unpaired) electrons. The molecule has 0 amide bonds. The minimum Gasteiger partial charge on any atom is -0.379 e. The molecule has 0 aliphatic carbocycles. The summed E-state index contributed by atoms with van der Waals surface area (Å²) in [5.74, 6) is 2.22. The molecule has 1 fully saturated rings. The van der Waals surface area contributed by atoms with Crippen molar-refractivity contribution >= 4 is 11.8 Å². The van der Waals surface area contributed by atoms with Crippen molar-refractivity contribution < 1.29 is 4.74 Å². The van der Waals surface area contributed by atoms with E-state index in [0.717, 1.165) is 43.3 Å².